The number of hydrogen-bond acceptors (Lipinski definition) is 3. The van der Waals surface area contributed by atoms with Crippen molar-refractivity contribution in [1.29, 1.82) is 0 Å². The van der Waals surface area contributed by atoms with Gasteiger partial charge in [-0.2, -0.15) is 0 Å². The second-order valence-corrected chi connectivity index (χ2v) is 3.46. The maximum atomic E-state index is 11.1. The Morgan fingerprint density at radius 2 is 2.00 bits per heavy atom. The van der Waals surface area contributed by atoms with Gasteiger partial charge in [0, 0.05) is 11.8 Å². The summed E-state index contributed by atoms with van der Waals surface area (Å²) in [4.78, 5) is 11.1. The molecule has 0 amide bonds. The van der Waals surface area contributed by atoms with E-state index in [9.17, 15) is 9.90 Å². The lowest BCUT2D eigenvalue weighted by molar-refractivity contribution is -0.134. The van der Waals surface area contributed by atoms with Gasteiger partial charge in [-0.1, -0.05) is 37.3 Å². The highest BCUT2D eigenvalue weighted by Crippen LogP contribution is 2.34. The van der Waals surface area contributed by atoms with Crippen LogP contribution in [0.3, 0.4) is 0 Å². The summed E-state index contributed by atoms with van der Waals surface area (Å²) in [5.74, 6) is -0.129. The lowest BCUT2D eigenvalue weighted by atomic mass is 10.1. The number of phenols is 1. The summed E-state index contributed by atoms with van der Waals surface area (Å²) in [7, 11) is 0. The number of phenolic OH excluding ortho intramolecular Hbond substituents is 1. The van der Waals surface area contributed by atoms with Gasteiger partial charge in [-0.15, -0.1) is 0 Å². The number of carbonyl (C=O) groups is 1. The van der Waals surface area contributed by atoms with E-state index in [4.69, 9.17) is 4.74 Å². The topological polar surface area (TPSA) is 46.5 Å². The first-order chi connectivity index (χ1) is 7.72. The van der Waals surface area contributed by atoms with Crippen molar-refractivity contribution < 1.29 is 14.6 Å². The van der Waals surface area contributed by atoms with E-state index in [2.05, 4.69) is 0 Å². The Bertz CT molecular complexity index is 532. The summed E-state index contributed by atoms with van der Waals surface area (Å²) in [5, 5.41) is 11.5. The average Bonchev–Trinajstić information content (AvgIpc) is 2.33. The zero-order valence-corrected chi connectivity index (χ0v) is 8.93. The Morgan fingerprint density at radius 3 is 2.75 bits per heavy atom. The molecule has 0 aromatic heterocycles. The van der Waals surface area contributed by atoms with Crippen LogP contribution in [-0.2, 0) is 4.79 Å². The molecule has 0 fully saturated rings. The number of esters is 1. The van der Waals surface area contributed by atoms with Crippen LogP contribution in [-0.4, -0.2) is 11.1 Å². The molecule has 1 N–H and O–H groups in total. The van der Waals surface area contributed by atoms with Gasteiger partial charge in [-0.3, -0.25) is 4.79 Å². The Labute approximate surface area is 93.3 Å². The van der Waals surface area contributed by atoms with Crippen molar-refractivity contribution >= 4 is 16.7 Å². The molecule has 0 aliphatic rings. The smallest absolute Gasteiger partial charge is 0.311 e. The molecule has 0 saturated heterocycles. The number of rotatable bonds is 2. The normalized spacial score (nSPS) is 10.3. The molecule has 0 atom stereocenters. The molecular formula is C13H12O3. The summed E-state index contributed by atoms with van der Waals surface area (Å²) in [5.41, 5.74) is 0. The van der Waals surface area contributed by atoms with Gasteiger partial charge in [0.2, 0.25) is 0 Å². The molecule has 0 heterocycles. The number of fused-ring (bicyclic) bond motifs is 1. The fourth-order valence-electron chi connectivity index (χ4n) is 1.51. The monoisotopic (exact) mass is 216 g/mol. The van der Waals surface area contributed by atoms with Gasteiger partial charge in [0.15, 0.2) is 11.5 Å². The number of aromatic hydroxyl groups is 1. The molecule has 82 valence electrons. The lowest BCUT2D eigenvalue weighted by Crippen LogP contribution is -2.05. The third-order valence-electron chi connectivity index (χ3n) is 2.38. The zero-order valence-electron chi connectivity index (χ0n) is 8.93. The molecule has 0 aliphatic heterocycles. The van der Waals surface area contributed by atoms with E-state index in [0.29, 0.717) is 5.39 Å². The Morgan fingerprint density at radius 1 is 1.25 bits per heavy atom. The van der Waals surface area contributed by atoms with Crippen LogP contribution in [0.15, 0.2) is 36.4 Å². The maximum absolute atomic E-state index is 11.1. The van der Waals surface area contributed by atoms with Crippen LogP contribution < -0.4 is 4.74 Å². The van der Waals surface area contributed by atoms with E-state index < -0.39 is 0 Å². The van der Waals surface area contributed by atoms with Crippen molar-refractivity contribution in [3.63, 3.8) is 0 Å². The van der Waals surface area contributed by atoms with Crippen LogP contribution in [0.2, 0.25) is 0 Å². The minimum absolute atomic E-state index is 0.0138. The zero-order chi connectivity index (χ0) is 11.5. The molecule has 3 nitrogen and oxygen atoms in total. The van der Waals surface area contributed by atoms with E-state index in [1.165, 1.54) is 0 Å². The van der Waals surface area contributed by atoms with E-state index >= 15 is 0 Å². The van der Waals surface area contributed by atoms with Crippen molar-refractivity contribution in [2.75, 3.05) is 0 Å². The van der Waals surface area contributed by atoms with Crippen molar-refractivity contribution in [3.05, 3.63) is 36.4 Å². The van der Waals surface area contributed by atoms with E-state index in [1.807, 2.05) is 24.3 Å². The molecule has 0 spiro atoms. The predicted molar refractivity (Wildman–Crippen MR) is 61.5 cm³/mol. The van der Waals surface area contributed by atoms with Gasteiger partial charge in [-0.05, 0) is 11.5 Å². The van der Waals surface area contributed by atoms with Crippen molar-refractivity contribution in [2.45, 2.75) is 13.3 Å². The van der Waals surface area contributed by atoms with Crippen molar-refractivity contribution in [1.82, 2.24) is 0 Å². The summed E-state index contributed by atoms with van der Waals surface area (Å²) in [6.45, 7) is 1.71. The van der Waals surface area contributed by atoms with Crippen LogP contribution in [0, 0.1) is 0 Å². The van der Waals surface area contributed by atoms with Crippen molar-refractivity contribution in [2.24, 2.45) is 0 Å². The van der Waals surface area contributed by atoms with Gasteiger partial charge < -0.3 is 9.84 Å². The molecule has 0 bridgehead atoms. The number of carbonyl (C=O) groups excluding carboxylic acids is 1. The van der Waals surface area contributed by atoms with Gasteiger partial charge in [0.25, 0.3) is 0 Å². The fourth-order valence-corrected chi connectivity index (χ4v) is 1.51. The Hall–Kier alpha value is -2.03. The van der Waals surface area contributed by atoms with Gasteiger partial charge in [-0.25, -0.2) is 0 Å². The highest BCUT2D eigenvalue weighted by atomic mass is 16.5. The summed E-state index contributed by atoms with van der Waals surface area (Å²) in [6.07, 6.45) is 0.284. The second kappa shape index (κ2) is 4.23. The standard InChI is InChI=1S/C13H12O3/c1-2-12(14)16-11-8-7-9-5-3-4-6-10(9)13(11)15/h3-8,15H,2H2,1H3. The largest absolute Gasteiger partial charge is 0.504 e. The molecule has 2 rings (SSSR count). The minimum Gasteiger partial charge on any atom is -0.504 e. The Kier molecular flexibility index (Phi) is 2.77. The number of hydrogen-bond donors (Lipinski definition) is 1. The number of benzene rings is 2. The number of ether oxygens (including phenoxy) is 1. The quantitative estimate of drug-likeness (QED) is 0.620. The van der Waals surface area contributed by atoms with Crippen LogP contribution in [0.1, 0.15) is 13.3 Å². The molecule has 0 saturated carbocycles. The predicted octanol–water partition coefficient (Wildman–Crippen LogP) is 2.86. The van der Waals surface area contributed by atoms with E-state index in [1.54, 1.807) is 19.1 Å². The molecular weight excluding hydrogens is 204 g/mol. The highest BCUT2D eigenvalue weighted by Gasteiger charge is 2.09. The summed E-state index contributed by atoms with van der Waals surface area (Å²) in [6, 6.07) is 10.8. The first-order valence-corrected chi connectivity index (χ1v) is 5.13. The molecule has 2 aromatic carbocycles. The molecule has 0 aliphatic carbocycles. The molecule has 3 heteroatoms. The lowest BCUT2D eigenvalue weighted by Gasteiger charge is -2.07. The fraction of sp³-hybridized carbons (Fsp3) is 0.154. The van der Waals surface area contributed by atoms with Crippen LogP contribution in [0.5, 0.6) is 11.5 Å². The molecule has 0 radical (unpaired) electrons. The second-order valence-electron chi connectivity index (χ2n) is 3.46. The SMILES string of the molecule is CCC(=O)Oc1ccc2ccccc2c1O. The van der Waals surface area contributed by atoms with Gasteiger partial charge in [0.1, 0.15) is 0 Å². The summed E-state index contributed by atoms with van der Waals surface area (Å²) >= 11 is 0. The molecule has 0 unspecified atom stereocenters. The molecule has 16 heavy (non-hydrogen) atoms. The third-order valence-corrected chi connectivity index (χ3v) is 2.38. The highest BCUT2D eigenvalue weighted by molar-refractivity contribution is 5.91. The van der Waals surface area contributed by atoms with Crippen LogP contribution >= 0.6 is 0 Å². The summed E-state index contributed by atoms with van der Waals surface area (Å²) < 4.78 is 5.01. The maximum Gasteiger partial charge on any atom is 0.311 e. The Balaban J connectivity index is 2.48. The van der Waals surface area contributed by atoms with Crippen LogP contribution in [0.4, 0.5) is 0 Å². The third kappa shape index (κ3) is 1.84. The average molecular weight is 216 g/mol. The van der Waals surface area contributed by atoms with E-state index in [0.717, 1.165) is 5.39 Å². The van der Waals surface area contributed by atoms with Gasteiger partial charge in [0.05, 0.1) is 0 Å². The first-order valence-electron chi connectivity index (χ1n) is 5.13. The minimum atomic E-state index is -0.356. The van der Waals surface area contributed by atoms with Crippen LogP contribution in [0.25, 0.3) is 10.8 Å². The van der Waals surface area contributed by atoms with Crippen molar-refractivity contribution in [3.8, 4) is 11.5 Å². The van der Waals surface area contributed by atoms with Gasteiger partial charge >= 0.3 is 5.97 Å². The first kappa shape index (κ1) is 10.5. The van der Waals surface area contributed by atoms with E-state index in [-0.39, 0.29) is 23.9 Å². The molecule has 2 aromatic rings.